The van der Waals surface area contributed by atoms with Gasteiger partial charge in [-0.3, -0.25) is 4.98 Å². The average molecular weight is 184 g/mol. The predicted molar refractivity (Wildman–Crippen MR) is 56.1 cm³/mol. The van der Waals surface area contributed by atoms with Gasteiger partial charge in [0.2, 0.25) is 0 Å². The lowest BCUT2D eigenvalue weighted by molar-refractivity contribution is 0.717. The minimum atomic E-state index is 0. The zero-order chi connectivity index (χ0) is 7.94. The SMILES string of the molecule is CCCCCc1ccncc1.N.O. The van der Waals surface area contributed by atoms with Crippen LogP contribution < -0.4 is 6.15 Å². The Morgan fingerprint density at radius 1 is 1.15 bits per heavy atom. The number of aryl methyl sites for hydroxylation is 1. The third-order valence-corrected chi connectivity index (χ3v) is 1.82. The molecule has 1 heterocycles. The second-order valence-electron chi connectivity index (χ2n) is 2.81. The van der Waals surface area contributed by atoms with E-state index in [9.17, 15) is 0 Å². The highest BCUT2D eigenvalue weighted by molar-refractivity contribution is 5.09. The first kappa shape index (κ1) is 14.6. The fraction of sp³-hybridized carbons (Fsp3) is 0.500. The summed E-state index contributed by atoms with van der Waals surface area (Å²) in [5.74, 6) is 0. The monoisotopic (exact) mass is 184 g/mol. The van der Waals surface area contributed by atoms with Gasteiger partial charge < -0.3 is 11.6 Å². The zero-order valence-corrected chi connectivity index (χ0v) is 8.29. The van der Waals surface area contributed by atoms with Gasteiger partial charge in [0.25, 0.3) is 0 Å². The van der Waals surface area contributed by atoms with Crippen molar-refractivity contribution in [2.75, 3.05) is 0 Å². The summed E-state index contributed by atoms with van der Waals surface area (Å²) in [6.07, 6.45) is 8.87. The zero-order valence-electron chi connectivity index (χ0n) is 8.29. The van der Waals surface area contributed by atoms with Crippen LogP contribution in [0.25, 0.3) is 0 Å². The quantitative estimate of drug-likeness (QED) is 0.727. The van der Waals surface area contributed by atoms with Gasteiger partial charge >= 0.3 is 0 Å². The molecule has 0 aliphatic rings. The Balaban J connectivity index is 0. The Labute approximate surface area is 80.1 Å². The van der Waals surface area contributed by atoms with Gasteiger partial charge in [0, 0.05) is 12.4 Å². The lowest BCUT2D eigenvalue weighted by atomic mass is 10.1. The minimum Gasteiger partial charge on any atom is -0.412 e. The van der Waals surface area contributed by atoms with Gasteiger partial charge in [0.15, 0.2) is 0 Å². The third-order valence-electron chi connectivity index (χ3n) is 1.82. The Morgan fingerprint density at radius 3 is 2.31 bits per heavy atom. The number of nitrogens with zero attached hydrogens (tertiary/aromatic N) is 1. The normalized spacial score (nSPS) is 8.38. The molecule has 0 aliphatic carbocycles. The van der Waals surface area contributed by atoms with E-state index in [0.29, 0.717) is 0 Å². The molecule has 0 bridgehead atoms. The molecule has 76 valence electrons. The summed E-state index contributed by atoms with van der Waals surface area (Å²) in [6.45, 7) is 2.23. The molecule has 5 N–H and O–H groups in total. The lowest BCUT2D eigenvalue weighted by Gasteiger charge is -1.97. The van der Waals surface area contributed by atoms with Crippen molar-refractivity contribution >= 4 is 0 Å². The second kappa shape index (κ2) is 9.16. The first-order valence-electron chi connectivity index (χ1n) is 4.32. The molecule has 0 unspecified atom stereocenters. The van der Waals surface area contributed by atoms with Crippen LogP contribution in [-0.2, 0) is 6.42 Å². The van der Waals surface area contributed by atoms with Crippen LogP contribution in [0.4, 0.5) is 0 Å². The third kappa shape index (κ3) is 6.25. The molecule has 0 aromatic carbocycles. The Kier molecular flexibility index (Phi) is 10.3. The molecule has 1 rings (SSSR count). The second-order valence-corrected chi connectivity index (χ2v) is 2.81. The highest BCUT2D eigenvalue weighted by Gasteiger charge is 1.89. The maximum absolute atomic E-state index is 3.97. The molecule has 1 aromatic heterocycles. The summed E-state index contributed by atoms with van der Waals surface area (Å²) in [4.78, 5) is 3.97. The molecule has 0 radical (unpaired) electrons. The van der Waals surface area contributed by atoms with Gasteiger partial charge in [-0.15, -0.1) is 0 Å². The fourth-order valence-electron chi connectivity index (χ4n) is 1.13. The van der Waals surface area contributed by atoms with Crippen LogP contribution in [0.5, 0.6) is 0 Å². The molecular formula is C10H20N2O. The fourth-order valence-corrected chi connectivity index (χ4v) is 1.13. The van der Waals surface area contributed by atoms with Gasteiger partial charge in [0.05, 0.1) is 0 Å². The average Bonchev–Trinajstić information content (AvgIpc) is 2.07. The Morgan fingerprint density at radius 2 is 1.77 bits per heavy atom. The summed E-state index contributed by atoms with van der Waals surface area (Å²) in [6, 6.07) is 4.19. The Hall–Kier alpha value is -0.930. The molecule has 1 aromatic rings. The van der Waals surface area contributed by atoms with E-state index >= 15 is 0 Å². The summed E-state index contributed by atoms with van der Waals surface area (Å²) < 4.78 is 0. The van der Waals surface area contributed by atoms with E-state index in [1.54, 1.807) is 0 Å². The molecule has 0 atom stereocenters. The highest BCUT2D eigenvalue weighted by Crippen LogP contribution is 2.04. The molecule has 0 spiro atoms. The van der Waals surface area contributed by atoms with Gasteiger partial charge in [-0.2, -0.15) is 0 Å². The van der Waals surface area contributed by atoms with E-state index in [1.165, 1.54) is 31.2 Å². The minimum absolute atomic E-state index is 0. The smallest absolute Gasteiger partial charge is 0.0270 e. The summed E-state index contributed by atoms with van der Waals surface area (Å²) in [5.41, 5.74) is 1.41. The van der Waals surface area contributed by atoms with Gasteiger partial charge in [-0.05, 0) is 30.5 Å². The van der Waals surface area contributed by atoms with E-state index in [4.69, 9.17) is 0 Å². The van der Waals surface area contributed by atoms with E-state index in [1.807, 2.05) is 12.4 Å². The maximum atomic E-state index is 3.97. The largest absolute Gasteiger partial charge is 0.412 e. The number of rotatable bonds is 4. The summed E-state index contributed by atoms with van der Waals surface area (Å²) >= 11 is 0. The van der Waals surface area contributed by atoms with Crippen LogP contribution in [0.3, 0.4) is 0 Å². The lowest BCUT2D eigenvalue weighted by Crippen LogP contribution is -1.84. The number of hydrogen-bond acceptors (Lipinski definition) is 2. The van der Waals surface area contributed by atoms with Crippen LogP contribution in [0.2, 0.25) is 0 Å². The van der Waals surface area contributed by atoms with Crippen molar-refractivity contribution in [3.63, 3.8) is 0 Å². The molecule has 0 aliphatic heterocycles. The van der Waals surface area contributed by atoms with Crippen molar-refractivity contribution in [1.82, 2.24) is 11.1 Å². The van der Waals surface area contributed by atoms with E-state index in [2.05, 4.69) is 24.0 Å². The van der Waals surface area contributed by atoms with Crippen LogP contribution >= 0.6 is 0 Å². The van der Waals surface area contributed by atoms with Crippen LogP contribution in [0, 0.1) is 0 Å². The number of aromatic nitrogens is 1. The van der Waals surface area contributed by atoms with Crippen LogP contribution in [-0.4, -0.2) is 10.5 Å². The Bertz CT molecular complexity index is 189. The van der Waals surface area contributed by atoms with Gasteiger partial charge in [-0.25, -0.2) is 0 Å². The van der Waals surface area contributed by atoms with Gasteiger partial charge in [0.1, 0.15) is 0 Å². The number of hydrogen-bond donors (Lipinski definition) is 1. The van der Waals surface area contributed by atoms with Crippen LogP contribution in [0.1, 0.15) is 31.7 Å². The molecule has 0 fully saturated rings. The van der Waals surface area contributed by atoms with Crippen molar-refractivity contribution in [3.05, 3.63) is 30.1 Å². The molecule has 0 saturated heterocycles. The molecular weight excluding hydrogens is 164 g/mol. The molecule has 0 amide bonds. The van der Waals surface area contributed by atoms with E-state index < -0.39 is 0 Å². The van der Waals surface area contributed by atoms with E-state index in [-0.39, 0.29) is 11.6 Å². The first-order chi connectivity index (χ1) is 5.43. The van der Waals surface area contributed by atoms with Crippen molar-refractivity contribution < 1.29 is 5.48 Å². The summed E-state index contributed by atoms with van der Waals surface area (Å²) in [7, 11) is 0. The number of unbranched alkanes of at least 4 members (excludes halogenated alkanes) is 2. The topological polar surface area (TPSA) is 79.4 Å². The van der Waals surface area contributed by atoms with Crippen molar-refractivity contribution in [2.24, 2.45) is 0 Å². The summed E-state index contributed by atoms with van der Waals surface area (Å²) in [5, 5.41) is 0. The number of pyridine rings is 1. The maximum Gasteiger partial charge on any atom is 0.0270 e. The molecule has 3 nitrogen and oxygen atoms in total. The first-order valence-corrected chi connectivity index (χ1v) is 4.32. The van der Waals surface area contributed by atoms with Gasteiger partial charge in [-0.1, -0.05) is 19.8 Å². The van der Waals surface area contributed by atoms with E-state index in [0.717, 1.165) is 0 Å². The van der Waals surface area contributed by atoms with Crippen molar-refractivity contribution in [2.45, 2.75) is 32.6 Å². The highest BCUT2D eigenvalue weighted by atomic mass is 16.0. The van der Waals surface area contributed by atoms with Crippen molar-refractivity contribution in [3.8, 4) is 0 Å². The molecule has 13 heavy (non-hydrogen) atoms. The van der Waals surface area contributed by atoms with Crippen molar-refractivity contribution in [1.29, 1.82) is 0 Å². The predicted octanol–water partition coefficient (Wildman–Crippen LogP) is 2.15. The molecule has 0 saturated carbocycles. The standard InChI is InChI=1S/C10H15N.H3N.H2O/c1-2-3-4-5-10-6-8-11-9-7-10;;/h6-9H,2-5H2,1H3;1H3;1H2. The van der Waals surface area contributed by atoms with Crippen LogP contribution in [0.15, 0.2) is 24.5 Å². The molecule has 3 heteroatoms.